The minimum Gasteiger partial charge on any atom is -0.507 e. The number of nitrogens with one attached hydrogen (secondary N) is 1. The summed E-state index contributed by atoms with van der Waals surface area (Å²) in [5.41, 5.74) is 0.368. The molecule has 1 amide bonds. The van der Waals surface area contributed by atoms with E-state index in [2.05, 4.69) is 5.32 Å². The molecule has 6 heteroatoms. The van der Waals surface area contributed by atoms with Crippen molar-refractivity contribution in [3.8, 4) is 5.75 Å². The highest BCUT2D eigenvalue weighted by Gasteiger charge is 2.14. The number of anilines is 1. The van der Waals surface area contributed by atoms with Gasteiger partial charge in [-0.3, -0.25) is 4.79 Å². The van der Waals surface area contributed by atoms with Crippen LogP contribution in [-0.2, 0) is 0 Å². The van der Waals surface area contributed by atoms with Gasteiger partial charge in [-0.1, -0.05) is 0 Å². The van der Waals surface area contributed by atoms with Crippen LogP contribution in [0, 0.1) is 6.92 Å². The number of carbonyl (C=O) groups excluding carboxylic acids is 1. The molecule has 1 aromatic carbocycles. The number of hydrogen-bond acceptors (Lipinski definition) is 4. The molecule has 0 radical (unpaired) electrons. The van der Waals surface area contributed by atoms with E-state index in [0.717, 1.165) is 0 Å². The Bertz CT molecular complexity index is 644. The van der Waals surface area contributed by atoms with Crippen LogP contribution in [0.25, 0.3) is 0 Å². The Balaban J connectivity index is 2.25. The molecule has 0 bridgehead atoms. The van der Waals surface area contributed by atoms with Crippen molar-refractivity contribution in [3.63, 3.8) is 0 Å². The Kier molecular flexibility index (Phi) is 3.24. The number of phenols is 1. The molecule has 0 aliphatic carbocycles. The van der Waals surface area contributed by atoms with Gasteiger partial charge in [0.2, 0.25) is 0 Å². The fourth-order valence-electron chi connectivity index (χ4n) is 1.60. The molecule has 0 unspecified atom stereocenters. The number of aromatic hydroxyl groups is 1. The summed E-state index contributed by atoms with van der Waals surface area (Å²) in [4.78, 5) is 22.7. The van der Waals surface area contributed by atoms with Crippen LogP contribution in [0.3, 0.4) is 0 Å². The summed E-state index contributed by atoms with van der Waals surface area (Å²) in [7, 11) is 0. The Morgan fingerprint density at radius 2 is 1.95 bits per heavy atom. The number of benzene rings is 1. The van der Waals surface area contributed by atoms with Crippen LogP contribution in [0.2, 0.25) is 0 Å². The Hall–Kier alpha value is -2.76. The second kappa shape index (κ2) is 4.85. The molecule has 1 aromatic heterocycles. The minimum atomic E-state index is -1.27. The van der Waals surface area contributed by atoms with E-state index in [1.807, 2.05) is 0 Å². The molecule has 0 fully saturated rings. The summed E-state index contributed by atoms with van der Waals surface area (Å²) in [6.07, 6.45) is 1.39. The standard InChI is InChI=1S/C13H11NO5/c1-7-9(4-5-19-7)12(16)14-8-2-3-11(15)10(6-8)13(17)18/h2-6,15H,1H3,(H,14,16)(H,17,18). The molecule has 0 atom stereocenters. The number of carboxylic acid groups (broad SMARTS) is 1. The van der Waals surface area contributed by atoms with Gasteiger partial charge in [-0.25, -0.2) is 4.79 Å². The molecule has 2 rings (SSSR count). The molecule has 3 N–H and O–H groups in total. The van der Waals surface area contributed by atoms with Crippen LogP contribution >= 0.6 is 0 Å². The van der Waals surface area contributed by atoms with Gasteiger partial charge in [0.25, 0.3) is 5.91 Å². The summed E-state index contributed by atoms with van der Waals surface area (Å²) < 4.78 is 5.01. The lowest BCUT2D eigenvalue weighted by molar-refractivity contribution is 0.0693. The van der Waals surface area contributed by atoms with E-state index in [0.29, 0.717) is 11.3 Å². The second-order valence-corrected chi connectivity index (χ2v) is 3.88. The molecule has 0 aliphatic heterocycles. The second-order valence-electron chi connectivity index (χ2n) is 3.88. The first kappa shape index (κ1) is 12.7. The largest absolute Gasteiger partial charge is 0.507 e. The fraction of sp³-hybridized carbons (Fsp3) is 0.0769. The third-order valence-corrected chi connectivity index (χ3v) is 2.59. The quantitative estimate of drug-likeness (QED) is 0.736. The normalized spacial score (nSPS) is 10.2. The maximum absolute atomic E-state index is 11.9. The van der Waals surface area contributed by atoms with Crippen LogP contribution in [-0.4, -0.2) is 22.1 Å². The van der Waals surface area contributed by atoms with Crippen LogP contribution < -0.4 is 5.32 Å². The van der Waals surface area contributed by atoms with Gasteiger partial charge in [-0.15, -0.1) is 0 Å². The van der Waals surface area contributed by atoms with Crippen molar-refractivity contribution in [2.75, 3.05) is 5.32 Å². The molecule has 0 saturated carbocycles. The minimum absolute atomic E-state index is 0.276. The highest BCUT2D eigenvalue weighted by Crippen LogP contribution is 2.22. The van der Waals surface area contributed by atoms with E-state index >= 15 is 0 Å². The lowest BCUT2D eigenvalue weighted by Gasteiger charge is -2.06. The Morgan fingerprint density at radius 1 is 1.21 bits per heavy atom. The van der Waals surface area contributed by atoms with Gasteiger partial charge in [0.1, 0.15) is 17.1 Å². The van der Waals surface area contributed by atoms with Gasteiger partial charge in [0, 0.05) is 5.69 Å². The number of carbonyl (C=O) groups is 2. The predicted molar refractivity (Wildman–Crippen MR) is 66.5 cm³/mol. The number of hydrogen-bond donors (Lipinski definition) is 3. The molecule has 0 saturated heterocycles. The number of furan rings is 1. The van der Waals surface area contributed by atoms with Crippen LogP contribution in [0.1, 0.15) is 26.5 Å². The average molecular weight is 261 g/mol. The summed E-state index contributed by atoms with van der Waals surface area (Å²) in [6, 6.07) is 5.32. The fourth-order valence-corrected chi connectivity index (χ4v) is 1.60. The van der Waals surface area contributed by atoms with E-state index in [1.54, 1.807) is 6.92 Å². The first-order valence-corrected chi connectivity index (χ1v) is 5.41. The highest BCUT2D eigenvalue weighted by molar-refractivity contribution is 6.05. The van der Waals surface area contributed by atoms with E-state index in [4.69, 9.17) is 9.52 Å². The summed E-state index contributed by atoms with van der Waals surface area (Å²) >= 11 is 0. The molecular formula is C13H11NO5. The van der Waals surface area contributed by atoms with E-state index in [1.165, 1.54) is 30.5 Å². The first-order chi connectivity index (χ1) is 8.99. The maximum atomic E-state index is 11.9. The van der Waals surface area contributed by atoms with Gasteiger partial charge in [-0.05, 0) is 31.2 Å². The van der Waals surface area contributed by atoms with Gasteiger partial charge in [-0.2, -0.15) is 0 Å². The summed E-state index contributed by atoms with van der Waals surface area (Å²) in [6.45, 7) is 1.65. The number of rotatable bonds is 3. The lowest BCUT2D eigenvalue weighted by atomic mass is 10.1. The average Bonchev–Trinajstić information content (AvgIpc) is 2.77. The zero-order chi connectivity index (χ0) is 14.0. The third kappa shape index (κ3) is 2.57. The van der Waals surface area contributed by atoms with E-state index in [-0.39, 0.29) is 17.0 Å². The molecule has 98 valence electrons. The Morgan fingerprint density at radius 3 is 2.53 bits per heavy atom. The van der Waals surface area contributed by atoms with Crippen LogP contribution in [0.4, 0.5) is 5.69 Å². The van der Waals surface area contributed by atoms with Crippen molar-refractivity contribution in [1.29, 1.82) is 0 Å². The van der Waals surface area contributed by atoms with Crippen molar-refractivity contribution >= 4 is 17.6 Å². The zero-order valence-electron chi connectivity index (χ0n) is 10.0. The van der Waals surface area contributed by atoms with Crippen molar-refractivity contribution < 1.29 is 24.2 Å². The van der Waals surface area contributed by atoms with Gasteiger partial charge >= 0.3 is 5.97 Å². The zero-order valence-corrected chi connectivity index (χ0v) is 10.0. The van der Waals surface area contributed by atoms with Gasteiger partial charge < -0.3 is 19.9 Å². The van der Waals surface area contributed by atoms with E-state index in [9.17, 15) is 14.7 Å². The monoisotopic (exact) mass is 261 g/mol. The molecule has 2 aromatic rings. The smallest absolute Gasteiger partial charge is 0.339 e. The first-order valence-electron chi connectivity index (χ1n) is 5.41. The van der Waals surface area contributed by atoms with Crippen molar-refractivity contribution in [2.45, 2.75) is 6.92 Å². The van der Waals surface area contributed by atoms with Gasteiger partial charge in [0.15, 0.2) is 0 Å². The number of aryl methyl sites for hydroxylation is 1. The topological polar surface area (TPSA) is 99.8 Å². The molecule has 0 spiro atoms. The van der Waals surface area contributed by atoms with Crippen molar-refractivity contribution in [3.05, 3.63) is 47.4 Å². The molecule has 19 heavy (non-hydrogen) atoms. The summed E-state index contributed by atoms with van der Waals surface area (Å²) in [5, 5.41) is 20.8. The van der Waals surface area contributed by atoms with Gasteiger partial charge in [0.05, 0.1) is 11.8 Å². The summed E-state index contributed by atoms with van der Waals surface area (Å²) in [5.74, 6) is -1.57. The highest BCUT2D eigenvalue weighted by atomic mass is 16.4. The number of aromatic carboxylic acids is 1. The van der Waals surface area contributed by atoms with Crippen molar-refractivity contribution in [2.24, 2.45) is 0 Å². The predicted octanol–water partition coefficient (Wildman–Crippen LogP) is 2.24. The lowest BCUT2D eigenvalue weighted by Crippen LogP contribution is -2.12. The maximum Gasteiger partial charge on any atom is 0.339 e. The molecule has 6 nitrogen and oxygen atoms in total. The Labute approximate surface area is 108 Å². The number of carboxylic acids is 1. The third-order valence-electron chi connectivity index (χ3n) is 2.59. The molecular weight excluding hydrogens is 250 g/mol. The van der Waals surface area contributed by atoms with Crippen LogP contribution in [0.15, 0.2) is 34.9 Å². The van der Waals surface area contributed by atoms with E-state index < -0.39 is 11.9 Å². The van der Waals surface area contributed by atoms with Crippen LogP contribution in [0.5, 0.6) is 5.75 Å². The van der Waals surface area contributed by atoms with Crippen molar-refractivity contribution in [1.82, 2.24) is 0 Å². The number of amides is 1. The molecule has 1 heterocycles. The SMILES string of the molecule is Cc1occc1C(=O)Nc1ccc(O)c(C(=O)O)c1. The molecule has 0 aliphatic rings.